The van der Waals surface area contributed by atoms with E-state index in [0.29, 0.717) is 13.2 Å². The van der Waals surface area contributed by atoms with Crippen LogP contribution in [-0.2, 0) is 4.74 Å². The van der Waals surface area contributed by atoms with Crippen molar-refractivity contribution in [3.05, 3.63) is 78.1 Å². The van der Waals surface area contributed by atoms with Crippen LogP contribution in [0.15, 0.2) is 66.9 Å². The average Bonchev–Trinajstić information content (AvgIpc) is 2.46. The zero-order valence-corrected chi connectivity index (χ0v) is 10.3. The largest absolute Gasteiger partial charge is 0.499 e. The Morgan fingerprint density at radius 1 is 0.889 bits per heavy atom. The first-order chi connectivity index (χ1) is 8.92. The Morgan fingerprint density at radius 2 is 1.39 bits per heavy atom. The highest BCUT2D eigenvalue weighted by molar-refractivity contribution is 5.78. The van der Waals surface area contributed by atoms with Gasteiger partial charge in [-0.3, -0.25) is 0 Å². The van der Waals surface area contributed by atoms with Gasteiger partial charge in [-0.2, -0.15) is 0 Å². The molecule has 0 saturated carbocycles. The molecule has 18 heavy (non-hydrogen) atoms. The van der Waals surface area contributed by atoms with Crippen molar-refractivity contribution in [3.63, 3.8) is 0 Å². The van der Waals surface area contributed by atoms with Crippen LogP contribution in [0.4, 0.5) is 0 Å². The fourth-order valence-electron chi connectivity index (χ4n) is 1.75. The van der Waals surface area contributed by atoms with Gasteiger partial charge in [0.1, 0.15) is 0 Å². The van der Waals surface area contributed by atoms with Crippen LogP contribution in [0.25, 0.3) is 5.57 Å². The number of nitrogens with two attached hydrogens (primary N) is 1. The first kappa shape index (κ1) is 12.4. The summed E-state index contributed by atoms with van der Waals surface area (Å²) in [6.07, 6.45) is 1.79. The fourth-order valence-corrected chi connectivity index (χ4v) is 1.75. The van der Waals surface area contributed by atoms with E-state index in [0.717, 1.165) is 16.7 Å². The highest BCUT2D eigenvalue weighted by Gasteiger charge is 2.04. The van der Waals surface area contributed by atoms with Crippen molar-refractivity contribution >= 4 is 5.57 Å². The lowest BCUT2D eigenvalue weighted by molar-refractivity contribution is 0.261. The Hall–Kier alpha value is -2.06. The predicted octanol–water partition coefficient (Wildman–Crippen LogP) is 3.05. The Bertz CT molecular complexity index is 450. The first-order valence-electron chi connectivity index (χ1n) is 6.04. The van der Waals surface area contributed by atoms with E-state index in [1.54, 1.807) is 6.26 Å². The van der Waals surface area contributed by atoms with Gasteiger partial charge in [-0.05, 0) is 11.1 Å². The van der Waals surface area contributed by atoms with Gasteiger partial charge in [0, 0.05) is 12.1 Å². The molecule has 0 atom stereocenters. The van der Waals surface area contributed by atoms with E-state index in [1.165, 1.54) is 0 Å². The van der Waals surface area contributed by atoms with Crippen LogP contribution in [0.1, 0.15) is 11.1 Å². The van der Waals surface area contributed by atoms with Gasteiger partial charge < -0.3 is 10.5 Å². The number of hydrogen-bond donors (Lipinski definition) is 1. The summed E-state index contributed by atoms with van der Waals surface area (Å²) in [6.45, 7) is 1.05. The molecule has 92 valence electrons. The third-order valence-corrected chi connectivity index (χ3v) is 2.61. The van der Waals surface area contributed by atoms with E-state index >= 15 is 0 Å². The quantitative estimate of drug-likeness (QED) is 0.643. The Morgan fingerprint density at radius 3 is 1.83 bits per heavy atom. The second-order valence-electron chi connectivity index (χ2n) is 3.92. The molecule has 0 saturated heterocycles. The molecule has 2 N–H and O–H groups in total. The maximum atomic E-state index is 5.47. The summed E-state index contributed by atoms with van der Waals surface area (Å²) in [5.41, 5.74) is 8.79. The Labute approximate surface area is 108 Å². The van der Waals surface area contributed by atoms with E-state index < -0.39 is 0 Å². The van der Waals surface area contributed by atoms with Crippen LogP contribution in [0.2, 0.25) is 0 Å². The van der Waals surface area contributed by atoms with E-state index in [4.69, 9.17) is 10.5 Å². The summed E-state index contributed by atoms with van der Waals surface area (Å²) in [6, 6.07) is 20.4. The number of benzene rings is 2. The standard InChI is InChI=1S/C16H17NO/c17-11-12-18-13-16(14-7-3-1-4-8-14)15-9-5-2-6-10-15/h1-10,13H,11-12,17H2. The van der Waals surface area contributed by atoms with E-state index in [9.17, 15) is 0 Å². The van der Waals surface area contributed by atoms with Crippen LogP contribution in [0, 0.1) is 0 Å². The lowest BCUT2D eigenvalue weighted by Gasteiger charge is -2.08. The van der Waals surface area contributed by atoms with Crippen molar-refractivity contribution in [2.75, 3.05) is 13.2 Å². The Kier molecular flexibility index (Phi) is 4.56. The molecule has 0 aliphatic heterocycles. The monoisotopic (exact) mass is 239 g/mol. The van der Waals surface area contributed by atoms with Crippen LogP contribution < -0.4 is 5.73 Å². The van der Waals surface area contributed by atoms with Gasteiger partial charge in [-0.25, -0.2) is 0 Å². The van der Waals surface area contributed by atoms with E-state index in [2.05, 4.69) is 24.3 Å². The van der Waals surface area contributed by atoms with Gasteiger partial charge in [0.05, 0.1) is 12.9 Å². The smallest absolute Gasteiger partial charge is 0.0995 e. The van der Waals surface area contributed by atoms with Gasteiger partial charge in [-0.15, -0.1) is 0 Å². The molecule has 0 aliphatic rings. The maximum Gasteiger partial charge on any atom is 0.0995 e. The highest BCUT2D eigenvalue weighted by Crippen LogP contribution is 2.22. The van der Waals surface area contributed by atoms with Gasteiger partial charge in [-0.1, -0.05) is 60.7 Å². The molecule has 0 radical (unpaired) electrons. The summed E-state index contributed by atoms with van der Waals surface area (Å²) < 4.78 is 5.47. The zero-order chi connectivity index (χ0) is 12.6. The van der Waals surface area contributed by atoms with Crippen LogP contribution in [0.5, 0.6) is 0 Å². The molecule has 0 spiro atoms. The molecule has 2 rings (SSSR count). The lowest BCUT2D eigenvalue weighted by atomic mass is 9.99. The van der Waals surface area contributed by atoms with Gasteiger partial charge in [0.25, 0.3) is 0 Å². The number of ether oxygens (including phenoxy) is 1. The molecule has 0 bridgehead atoms. The maximum absolute atomic E-state index is 5.47. The normalized spacial score (nSPS) is 9.83. The second kappa shape index (κ2) is 6.62. The van der Waals surface area contributed by atoms with Gasteiger partial charge >= 0.3 is 0 Å². The van der Waals surface area contributed by atoms with Gasteiger partial charge in [0.2, 0.25) is 0 Å². The number of hydrogen-bond acceptors (Lipinski definition) is 2. The number of rotatable bonds is 5. The molecule has 2 aromatic rings. The molecule has 0 aromatic heterocycles. The molecule has 0 heterocycles. The lowest BCUT2D eigenvalue weighted by Crippen LogP contribution is -2.05. The SMILES string of the molecule is NCCOC=C(c1ccccc1)c1ccccc1. The van der Waals surface area contributed by atoms with E-state index in [1.807, 2.05) is 36.4 Å². The minimum Gasteiger partial charge on any atom is -0.499 e. The highest BCUT2D eigenvalue weighted by atomic mass is 16.5. The van der Waals surface area contributed by atoms with Gasteiger partial charge in [0.15, 0.2) is 0 Å². The molecule has 0 unspecified atom stereocenters. The summed E-state index contributed by atoms with van der Waals surface area (Å²) in [5, 5.41) is 0. The van der Waals surface area contributed by atoms with Crippen LogP contribution in [0.3, 0.4) is 0 Å². The molecule has 0 amide bonds. The minimum atomic E-state index is 0.521. The van der Waals surface area contributed by atoms with Crippen molar-refractivity contribution < 1.29 is 4.74 Å². The van der Waals surface area contributed by atoms with Crippen molar-refractivity contribution in [2.45, 2.75) is 0 Å². The summed E-state index contributed by atoms with van der Waals surface area (Å²) in [7, 11) is 0. The van der Waals surface area contributed by atoms with Crippen molar-refractivity contribution in [3.8, 4) is 0 Å². The molecular weight excluding hydrogens is 222 g/mol. The predicted molar refractivity (Wildman–Crippen MR) is 75.0 cm³/mol. The fraction of sp³-hybridized carbons (Fsp3) is 0.125. The third-order valence-electron chi connectivity index (χ3n) is 2.61. The third kappa shape index (κ3) is 3.22. The van der Waals surface area contributed by atoms with Crippen LogP contribution in [-0.4, -0.2) is 13.2 Å². The zero-order valence-electron chi connectivity index (χ0n) is 10.3. The second-order valence-corrected chi connectivity index (χ2v) is 3.92. The van der Waals surface area contributed by atoms with E-state index in [-0.39, 0.29) is 0 Å². The molecule has 0 aliphatic carbocycles. The molecule has 2 aromatic carbocycles. The molecule has 2 heteroatoms. The molecular formula is C16H17NO. The average molecular weight is 239 g/mol. The summed E-state index contributed by atoms with van der Waals surface area (Å²) in [4.78, 5) is 0. The van der Waals surface area contributed by atoms with Crippen molar-refractivity contribution in [1.29, 1.82) is 0 Å². The van der Waals surface area contributed by atoms with Crippen molar-refractivity contribution in [2.24, 2.45) is 5.73 Å². The molecule has 0 fully saturated rings. The topological polar surface area (TPSA) is 35.2 Å². The minimum absolute atomic E-state index is 0.521. The first-order valence-corrected chi connectivity index (χ1v) is 6.04. The van der Waals surface area contributed by atoms with Crippen LogP contribution >= 0.6 is 0 Å². The summed E-state index contributed by atoms with van der Waals surface area (Å²) >= 11 is 0. The molecule has 2 nitrogen and oxygen atoms in total. The van der Waals surface area contributed by atoms with Crippen molar-refractivity contribution in [1.82, 2.24) is 0 Å². The summed E-state index contributed by atoms with van der Waals surface area (Å²) in [5.74, 6) is 0. The Balaban J connectivity index is 2.33.